The molecule has 0 saturated carbocycles. The summed E-state index contributed by atoms with van der Waals surface area (Å²) in [6.45, 7) is 6.09. The predicted octanol–water partition coefficient (Wildman–Crippen LogP) is 2.51. The van der Waals surface area contributed by atoms with Crippen LogP contribution in [0.1, 0.15) is 31.5 Å². The van der Waals surface area contributed by atoms with Gasteiger partial charge in [0.1, 0.15) is 17.9 Å². The van der Waals surface area contributed by atoms with Crippen molar-refractivity contribution in [2.24, 2.45) is 0 Å². The summed E-state index contributed by atoms with van der Waals surface area (Å²) >= 11 is 1.50. The highest BCUT2D eigenvalue weighted by molar-refractivity contribution is 7.12. The first kappa shape index (κ1) is 17.8. The van der Waals surface area contributed by atoms with Crippen molar-refractivity contribution in [3.63, 3.8) is 0 Å². The van der Waals surface area contributed by atoms with E-state index in [0.717, 1.165) is 9.75 Å². The van der Waals surface area contributed by atoms with Crippen molar-refractivity contribution >= 4 is 28.8 Å². The summed E-state index contributed by atoms with van der Waals surface area (Å²) in [5, 5.41) is 14.9. The van der Waals surface area contributed by atoms with E-state index in [1.807, 2.05) is 13.8 Å². The van der Waals surface area contributed by atoms with Crippen LogP contribution in [0.25, 0.3) is 0 Å². The van der Waals surface area contributed by atoms with Crippen LogP contribution in [0, 0.1) is 37.8 Å². The second-order valence-electron chi connectivity index (χ2n) is 5.34. The summed E-state index contributed by atoms with van der Waals surface area (Å²) in [7, 11) is 0. The van der Waals surface area contributed by atoms with E-state index < -0.39 is 10.9 Å². The Labute approximate surface area is 142 Å². The maximum atomic E-state index is 12.1. The maximum Gasteiger partial charge on any atom is 0.328 e. The fourth-order valence-corrected chi connectivity index (χ4v) is 3.35. The second-order valence-corrected chi connectivity index (χ2v) is 6.81. The van der Waals surface area contributed by atoms with Gasteiger partial charge in [0.05, 0.1) is 4.92 Å². The molecule has 24 heavy (non-hydrogen) atoms. The van der Waals surface area contributed by atoms with E-state index >= 15 is 0 Å². The molecular formula is C15H17N3O5S. The lowest BCUT2D eigenvalue weighted by Gasteiger charge is -2.05. The largest absolute Gasteiger partial charge is 0.456 e. The van der Waals surface area contributed by atoms with Gasteiger partial charge in [-0.3, -0.25) is 24.4 Å². The van der Waals surface area contributed by atoms with Gasteiger partial charge < -0.3 is 4.74 Å². The van der Waals surface area contributed by atoms with Gasteiger partial charge in [-0.1, -0.05) is 0 Å². The quantitative estimate of drug-likeness (QED) is 0.343. The molecule has 0 aliphatic heterocycles. The number of carbonyl (C=O) groups is 2. The first-order chi connectivity index (χ1) is 11.2. The fraction of sp³-hybridized carbons (Fsp3) is 0.400. The molecule has 0 aromatic carbocycles. The fourth-order valence-electron chi connectivity index (χ4n) is 2.41. The molecule has 2 rings (SSSR count). The van der Waals surface area contributed by atoms with E-state index in [9.17, 15) is 19.7 Å². The van der Waals surface area contributed by atoms with Gasteiger partial charge in [0, 0.05) is 15.3 Å². The number of rotatable bonds is 6. The number of hydrogen-bond donors (Lipinski definition) is 0. The number of aryl methyl sites for hydroxylation is 3. The average molecular weight is 351 g/mol. The third-order valence-corrected chi connectivity index (χ3v) is 4.48. The van der Waals surface area contributed by atoms with Gasteiger partial charge in [-0.2, -0.15) is 5.10 Å². The number of nitro groups is 1. The molecule has 9 heteroatoms. The molecule has 0 radical (unpaired) electrons. The molecule has 0 N–H and O–H groups in total. The standard InChI is InChI=1S/C15H17N3O5S/c1-8-5-12(11(4)24-8)13(19)7-23-14(20)6-17-10(3)15(18(21)22)9(2)16-17/h5H,6-7H2,1-4H3. The number of thiophene rings is 1. The molecule has 0 aliphatic carbocycles. The van der Waals surface area contributed by atoms with Crippen molar-refractivity contribution in [1.29, 1.82) is 0 Å². The van der Waals surface area contributed by atoms with Crippen molar-refractivity contribution in [2.75, 3.05) is 6.61 Å². The van der Waals surface area contributed by atoms with Crippen LogP contribution in [0.5, 0.6) is 0 Å². The zero-order valence-electron chi connectivity index (χ0n) is 13.8. The SMILES string of the molecule is Cc1cc(C(=O)COC(=O)Cn2nc(C)c([N+](=O)[O-])c2C)c(C)s1. The number of esters is 1. The van der Waals surface area contributed by atoms with E-state index in [1.54, 1.807) is 6.07 Å². The van der Waals surface area contributed by atoms with Crippen LogP contribution in [-0.4, -0.2) is 33.1 Å². The molecule has 0 fully saturated rings. The molecule has 0 unspecified atom stereocenters. The summed E-state index contributed by atoms with van der Waals surface area (Å²) in [5.41, 5.74) is 0.922. The summed E-state index contributed by atoms with van der Waals surface area (Å²) in [6.07, 6.45) is 0. The lowest BCUT2D eigenvalue weighted by Crippen LogP contribution is -2.19. The molecule has 2 aromatic rings. The molecule has 2 heterocycles. The van der Waals surface area contributed by atoms with Crippen molar-refractivity contribution in [3.05, 3.63) is 42.9 Å². The van der Waals surface area contributed by atoms with Gasteiger partial charge >= 0.3 is 11.7 Å². The van der Waals surface area contributed by atoms with Crippen molar-refractivity contribution in [1.82, 2.24) is 9.78 Å². The summed E-state index contributed by atoms with van der Waals surface area (Å²) in [5.74, 6) is -0.946. The molecule has 0 bridgehead atoms. The molecule has 2 aromatic heterocycles. The third kappa shape index (κ3) is 3.67. The van der Waals surface area contributed by atoms with Gasteiger partial charge in [0.15, 0.2) is 6.61 Å². The number of ketones is 1. The van der Waals surface area contributed by atoms with Gasteiger partial charge in [-0.05, 0) is 33.8 Å². The number of carbonyl (C=O) groups excluding carboxylic acids is 2. The lowest BCUT2D eigenvalue weighted by atomic mass is 10.2. The summed E-state index contributed by atoms with van der Waals surface area (Å²) in [6, 6.07) is 1.76. The molecule has 8 nitrogen and oxygen atoms in total. The monoisotopic (exact) mass is 351 g/mol. The van der Waals surface area contributed by atoms with Crippen LogP contribution in [0.4, 0.5) is 5.69 Å². The first-order valence-corrected chi connectivity index (χ1v) is 7.96. The van der Waals surface area contributed by atoms with Crippen LogP contribution in [-0.2, 0) is 16.1 Å². The predicted molar refractivity (Wildman–Crippen MR) is 87.4 cm³/mol. The highest BCUT2D eigenvalue weighted by Gasteiger charge is 2.23. The van der Waals surface area contributed by atoms with Crippen LogP contribution in [0.3, 0.4) is 0 Å². The zero-order chi connectivity index (χ0) is 18.0. The minimum absolute atomic E-state index is 0.122. The Hall–Kier alpha value is -2.55. The summed E-state index contributed by atoms with van der Waals surface area (Å²) < 4.78 is 6.19. The number of nitrogens with zero attached hydrogens (tertiary/aromatic N) is 3. The Morgan fingerprint density at radius 1 is 1.33 bits per heavy atom. The molecule has 0 atom stereocenters. The Balaban J connectivity index is 1.99. The van der Waals surface area contributed by atoms with Gasteiger partial charge in [0.2, 0.25) is 5.78 Å². The number of aromatic nitrogens is 2. The lowest BCUT2D eigenvalue weighted by molar-refractivity contribution is -0.386. The number of Topliss-reactive ketones (excluding diaryl/α,β-unsaturated/α-hetero) is 1. The summed E-state index contributed by atoms with van der Waals surface area (Å²) in [4.78, 5) is 36.2. The van der Waals surface area contributed by atoms with Crippen LogP contribution < -0.4 is 0 Å². The van der Waals surface area contributed by atoms with Crippen LogP contribution in [0.15, 0.2) is 6.07 Å². The van der Waals surface area contributed by atoms with Crippen molar-refractivity contribution in [2.45, 2.75) is 34.2 Å². The van der Waals surface area contributed by atoms with E-state index in [1.165, 1.54) is 29.9 Å². The number of hydrogen-bond acceptors (Lipinski definition) is 7. The van der Waals surface area contributed by atoms with E-state index in [2.05, 4.69) is 5.10 Å². The molecule has 0 amide bonds. The molecule has 128 valence electrons. The molecule has 0 saturated heterocycles. The van der Waals surface area contributed by atoms with E-state index in [4.69, 9.17) is 4.74 Å². The van der Waals surface area contributed by atoms with E-state index in [-0.39, 0.29) is 36.0 Å². The highest BCUT2D eigenvalue weighted by atomic mass is 32.1. The smallest absolute Gasteiger partial charge is 0.328 e. The van der Waals surface area contributed by atoms with Crippen molar-refractivity contribution < 1.29 is 19.2 Å². The number of ether oxygens (including phenoxy) is 1. The Bertz CT molecular complexity index is 821. The van der Waals surface area contributed by atoms with Gasteiger partial charge in [-0.25, -0.2) is 0 Å². The minimum atomic E-state index is -0.673. The Kier molecular flexibility index (Phi) is 5.13. The Morgan fingerprint density at radius 2 is 2.00 bits per heavy atom. The highest BCUT2D eigenvalue weighted by Crippen LogP contribution is 2.22. The maximum absolute atomic E-state index is 12.1. The van der Waals surface area contributed by atoms with Crippen LogP contribution >= 0.6 is 11.3 Å². The molecule has 0 spiro atoms. The second kappa shape index (κ2) is 6.91. The van der Waals surface area contributed by atoms with Crippen molar-refractivity contribution in [3.8, 4) is 0 Å². The first-order valence-electron chi connectivity index (χ1n) is 7.15. The normalized spacial score (nSPS) is 10.7. The Morgan fingerprint density at radius 3 is 2.50 bits per heavy atom. The minimum Gasteiger partial charge on any atom is -0.456 e. The molecular weight excluding hydrogens is 334 g/mol. The van der Waals surface area contributed by atoms with Crippen LogP contribution in [0.2, 0.25) is 0 Å². The topological polar surface area (TPSA) is 104 Å². The van der Waals surface area contributed by atoms with Gasteiger partial charge in [-0.15, -0.1) is 11.3 Å². The van der Waals surface area contributed by atoms with E-state index in [0.29, 0.717) is 5.56 Å². The third-order valence-electron chi connectivity index (χ3n) is 3.51. The average Bonchev–Trinajstić information content (AvgIpc) is 2.95. The molecule has 0 aliphatic rings. The zero-order valence-corrected chi connectivity index (χ0v) is 14.6. The van der Waals surface area contributed by atoms with Gasteiger partial charge in [0.25, 0.3) is 0 Å².